The zero-order valence-corrected chi connectivity index (χ0v) is 62.2. The van der Waals surface area contributed by atoms with Crippen molar-refractivity contribution >= 4 is 0 Å². The first-order chi connectivity index (χ1) is 42.9. The maximum absolute atomic E-state index is 12.5. The molecule has 0 spiro atoms. The molecule has 0 radical (unpaired) electrons. The second kappa shape index (κ2) is 36.5. The molecule has 4 unspecified atom stereocenters. The number of fused-ring (bicyclic) bond motifs is 10. The maximum atomic E-state index is 12.5. The zero-order valence-electron chi connectivity index (χ0n) is 62.2. The number of ether oxygens (including phenoxy) is 1. The minimum atomic E-state index is -0.203. The van der Waals surface area contributed by atoms with Gasteiger partial charge in [-0.25, -0.2) is 0 Å². The Morgan fingerprint density at radius 2 is 0.652 bits per heavy atom. The molecule has 0 heterocycles. The van der Waals surface area contributed by atoms with Crippen molar-refractivity contribution in [3.63, 3.8) is 0 Å². The van der Waals surface area contributed by atoms with Crippen molar-refractivity contribution in [2.24, 2.45) is 116 Å². The Bertz CT molecular complexity index is 1790. The second-order valence-electron chi connectivity index (χ2n) is 36.8. The highest BCUT2D eigenvalue weighted by Gasteiger charge is 2.66. The Hall–Kier alpha value is -0.120. The van der Waals surface area contributed by atoms with Gasteiger partial charge in [-0.15, -0.1) is 0 Å². The van der Waals surface area contributed by atoms with Crippen LogP contribution in [0.2, 0.25) is 0 Å². The number of aliphatic hydroxyl groups excluding tert-OH is 2. The standard InChI is InChI=1S/C86H158O3/c1-13-15-17-19-21-23-25-27-29-31-33-35-37-45-81(79-61-69(87)59-67-47-49-71-75-53-51-73(65(7)43-39-41-63(3)4)83(75,9)57-55-77(71)85(67,79)11)89-82(46-38-36-34-32-30-28-26-24-22-20-18-16-14-2)80-62-70(88)60-68-48-50-72-76-54-52-74(66(8)44-40-42-64(5)6)84(76,10)58-56-78(72)86(68,80)12/h63-82,87-88H,13-62H2,1-12H3/t65-,66-,67-,68-,69+,70+,71-,72-,73-,74-,75+,76+,77+,78+,79?,80?,81?,82?,83-,84-,85+,86+/m1/s1. The Kier molecular flexibility index (Phi) is 30.6. The van der Waals surface area contributed by atoms with Crippen molar-refractivity contribution in [3.8, 4) is 0 Å². The summed E-state index contributed by atoms with van der Waals surface area (Å²) in [6.07, 6.45) is 68.1. The summed E-state index contributed by atoms with van der Waals surface area (Å²) >= 11 is 0. The molecule has 2 N–H and O–H groups in total. The highest BCUT2D eigenvalue weighted by atomic mass is 16.5. The fraction of sp³-hybridized carbons (Fsp3) is 1.00. The van der Waals surface area contributed by atoms with Gasteiger partial charge in [-0.3, -0.25) is 0 Å². The topological polar surface area (TPSA) is 49.7 Å². The fourth-order valence-electron chi connectivity index (χ4n) is 25.6. The van der Waals surface area contributed by atoms with Crippen LogP contribution < -0.4 is 0 Å². The molecule has 0 aromatic rings. The molecule has 22 atom stereocenters. The smallest absolute Gasteiger partial charge is 0.0613 e. The Morgan fingerprint density at radius 3 is 0.978 bits per heavy atom. The lowest BCUT2D eigenvalue weighted by Gasteiger charge is -2.65. The molecule has 8 aliphatic rings. The van der Waals surface area contributed by atoms with Gasteiger partial charge in [0.15, 0.2) is 0 Å². The third-order valence-corrected chi connectivity index (χ3v) is 30.5. The first-order valence-corrected chi connectivity index (χ1v) is 41.9. The summed E-state index contributed by atoms with van der Waals surface area (Å²) in [6.45, 7) is 31.1. The fourth-order valence-corrected chi connectivity index (χ4v) is 25.6. The zero-order chi connectivity index (χ0) is 63.6. The van der Waals surface area contributed by atoms with Gasteiger partial charge in [0.2, 0.25) is 0 Å². The van der Waals surface area contributed by atoms with E-state index in [4.69, 9.17) is 4.74 Å². The van der Waals surface area contributed by atoms with Gasteiger partial charge in [-0.2, -0.15) is 0 Å². The molecule has 0 aromatic carbocycles. The number of aliphatic hydroxyl groups is 2. The van der Waals surface area contributed by atoms with E-state index < -0.39 is 0 Å². The van der Waals surface area contributed by atoms with Crippen LogP contribution in [0.15, 0.2) is 0 Å². The van der Waals surface area contributed by atoms with Gasteiger partial charge in [0.25, 0.3) is 0 Å². The summed E-state index contributed by atoms with van der Waals surface area (Å²) in [5.41, 5.74) is 1.39. The van der Waals surface area contributed by atoms with Crippen LogP contribution in [-0.4, -0.2) is 34.6 Å². The SMILES string of the molecule is CCCCCCCCCCCCCCCC(OC(CCCCCCCCCCCCCCC)C1C[C@@H](O)C[C@H]2CC[C@@H]3[C@@H]4CC[C@H]([C@H](C)CCCC(C)C)[C@@]4(C)CC[C@@H]3[C@@]12C)C1C[C@@H](O)C[C@H]2CC[C@@H]3[C@@H]4CC[C@H]([C@H](C)CCCC(C)C)[C@@]4(C)CC[C@@H]3[C@@]12C. The average Bonchev–Trinajstić information content (AvgIpc) is 1.70. The monoisotopic (exact) mass is 1240 g/mol. The number of hydrogen-bond acceptors (Lipinski definition) is 3. The van der Waals surface area contributed by atoms with Crippen molar-refractivity contribution < 1.29 is 14.9 Å². The molecule has 8 rings (SSSR count). The summed E-state index contributed by atoms with van der Waals surface area (Å²) in [4.78, 5) is 0. The largest absolute Gasteiger partial charge is 0.393 e. The molecule has 0 aliphatic heterocycles. The molecular formula is C86H158O3. The van der Waals surface area contributed by atoms with E-state index in [-0.39, 0.29) is 35.2 Å². The minimum Gasteiger partial charge on any atom is -0.393 e. The van der Waals surface area contributed by atoms with Crippen LogP contribution in [0.1, 0.15) is 404 Å². The lowest BCUT2D eigenvalue weighted by molar-refractivity contribution is -0.224. The van der Waals surface area contributed by atoms with Gasteiger partial charge in [0.05, 0.1) is 24.4 Å². The van der Waals surface area contributed by atoms with E-state index in [1.54, 1.807) is 0 Å². The molecule has 0 bridgehead atoms. The molecule has 8 fully saturated rings. The van der Waals surface area contributed by atoms with Gasteiger partial charge < -0.3 is 14.9 Å². The van der Waals surface area contributed by atoms with E-state index >= 15 is 0 Å². The molecule has 8 saturated carbocycles. The van der Waals surface area contributed by atoms with E-state index in [1.807, 2.05) is 0 Å². The highest BCUT2D eigenvalue weighted by Crippen LogP contribution is 2.72. The first-order valence-electron chi connectivity index (χ1n) is 41.9. The summed E-state index contributed by atoms with van der Waals surface area (Å²) < 4.78 is 8.62. The van der Waals surface area contributed by atoms with Crippen LogP contribution in [0.3, 0.4) is 0 Å². The summed E-state index contributed by atoms with van der Waals surface area (Å²) in [7, 11) is 0. The van der Waals surface area contributed by atoms with Gasteiger partial charge in [0.1, 0.15) is 0 Å². The third kappa shape index (κ3) is 18.8. The predicted molar refractivity (Wildman–Crippen MR) is 385 cm³/mol. The van der Waals surface area contributed by atoms with Crippen LogP contribution >= 0.6 is 0 Å². The molecule has 3 nitrogen and oxygen atoms in total. The van der Waals surface area contributed by atoms with Crippen LogP contribution in [0.5, 0.6) is 0 Å². The van der Waals surface area contributed by atoms with Crippen LogP contribution in [0.4, 0.5) is 0 Å². The molecule has 8 aliphatic carbocycles. The van der Waals surface area contributed by atoms with E-state index in [2.05, 4.69) is 83.1 Å². The summed E-state index contributed by atoms with van der Waals surface area (Å²) in [5, 5.41) is 24.9. The highest BCUT2D eigenvalue weighted by molar-refractivity contribution is 5.15. The summed E-state index contributed by atoms with van der Waals surface area (Å²) in [5.74, 6) is 12.0. The minimum absolute atomic E-state index is 0.199. The number of hydrogen-bond donors (Lipinski definition) is 2. The Labute approximate surface area is 556 Å². The van der Waals surface area contributed by atoms with Gasteiger partial charge in [-0.05, 0) is 232 Å². The van der Waals surface area contributed by atoms with Crippen molar-refractivity contribution in [1.29, 1.82) is 0 Å². The molecule has 3 heteroatoms. The van der Waals surface area contributed by atoms with Crippen LogP contribution in [0.25, 0.3) is 0 Å². The van der Waals surface area contributed by atoms with E-state index in [1.165, 1.54) is 295 Å². The molecular weight excluding hydrogens is 1080 g/mol. The Balaban J connectivity index is 1.06. The third-order valence-electron chi connectivity index (χ3n) is 30.5. The van der Waals surface area contributed by atoms with Gasteiger partial charge in [-0.1, -0.05) is 289 Å². The maximum Gasteiger partial charge on any atom is 0.0613 e. The number of unbranched alkanes of at least 4 members (excludes halogenated alkanes) is 24. The van der Waals surface area contributed by atoms with Crippen molar-refractivity contribution in [1.82, 2.24) is 0 Å². The van der Waals surface area contributed by atoms with Crippen LogP contribution in [-0.2, 0) is 4.74 Å². The predicted octanol–water partition coefficient (Wildman–Crippen LogP) is 26.1. The van der Waals surface area contributed by atoms with Crippen molar-refractivity contribution in [2.75, 3.05) is 0 Å². The van der Waals surface area contributed by atoms with E-state index in [9.17, 15) is 10.2 Å². The normalized spacial score (nSPS) is 38.2. The molecule has 89 heavy (non-hydrogen) atoms. The quantitative estimate of drug-likeness (QED) is 0.0599. The van der Waals surface area contributed by atoms with E-state index in [0.29, 0.717) is 34.5 Å². The molecule has 520 valence electrons. The lowest BCUT2D eigenvalue weighted by Crippen LogP contribution is -2.61. The molecule has 0 aromatic heterocycles. The van der Waals surface area contributed by atoms with Crippen LogP contribution in [0, 0.1) is 116 Å². The molecule has 0 amide bonds. The average molecular weight is 1240 g/mol. The van der Waals surface area contributed by atoms with Crippen molar-refractivity contribution in [3.05, 3.63) is 0 Å². The summed E-state index contributed by atoms with van der Waals surface area (Å²) in [6, 6.07) is 0. The van der Waals surface area contributed by atoms with Gasteiger partial charge in [0, 0.05) is 0 Å². The molecule has 0 saturated heterocycles. The lowest BCUT2D eigenvalue weighted by atomic mass is 9.41. The van der Waals surface area contributed by atoms with Gasteiger partial charge >= 0.3 is 0 Å². The number of rotatable bonds is 42. The second-order valence-corrected chi connectivity index (χ2v) is 36.8. The van der Waals surface area contributed by atoms with Crippen molar-refractivity contribution in [2.45, 2.75) is 429 Å². The first kappa shape index (κ1) is 74.7. The Morgan fingerprint density at radius 1 is 0.326 bits per heavy atom. The van der Waals surface area contributed by atoms with E-state index in [0.717, 1.165) is 96.7 Å².